The summed E-state index contributed by atoms with van der Waals surface area (Å²) in [6.07, 6.45) is 1.58. The number of methoxy groups -OCH3 is 1. The summed E-state index contributed by atoms with van der Waals surface area (Å²) in [7, 11) is 1.31. The number of carboxylic acids is 1. The highest BCUT2D eigenvalue weighted by atomic mass is 16.5. The molecule has 1 saturated heterocycles. The molecule has 6 heteroatoms. The number of carboxylic acid groups (broad SMARTS) is 1. The van der Waals surface area contributed by atoms with Gasteiger partial charge in [0.2, 0.25) is 0 Å². The third-order valence-corrected chi connectivity index (χ3v) is 3.42. The quantitative estimate of drug-likeness (QED) is 0.821. The summed E-state index contributed by atoms with van der Waals surface area (Å²) in [6.45, 7) is 2.81. The average molecular weight is 264 g/mol. The van der Waals surface area contributed by atoms with Crippen LogP contribution in [0.15, 0.2) is 18.3 Å². The molecule has 0 spiro atoms. The van der Waals surface area contributed by atoms with E-state index < -0.39 is 17.9 Å². The molecular formula is C13H16N2O4. The Kier molecular flexibility index (Phi) is 3.69. The van der Waals surface area contributed by atoms with Gasteiger partial charge in [-0.15, -0.1) is 0 Å². The van der Waals surface area contributed by atoms with Gasteiger partial charge in [-0.1, -0.05) is 6.92 Å². The molecule has 0 bridgehead atoms. The van der Waals surface area contributed by atoms with Crippen molar-refractivity contribution in [1.82, 2.24) is 4.98 Å². The Morgan fingerprint density at radius 3 is 2.79 bits per heavy atom. The van der Waals surface area contributed by atoms with Crippen LogP contribution >= 0.6 is 0 Å². The summed E-state index contributed by atoms with van der Waals surface area (Å²) in [5, 5.41) is 9.13. The van der Waals surface area contributed by atoms with Crippen LogP contribution in [0.25, 0.3) is 0 Å². The first-order valence-electron chi connectivity index (χ1n) is 6.05. The van der Waals surface area contributed by atoms with Crippen LogP contribution in [0.5, 0.6) is 0 Å². The molecule has 1 N–H and O–H groups in total. The van der Waals surface area contributed by atoms with Gasteiger partial charge in [-0.05, 0) is 18.1 Å². The molecule has 0 saturated carbocycles. The summed E-state index contributed by atoms with van der Waals surface area (Å²) in [5.41, 5.74) is 0.364. The van der Waals surface area contributed by atoms with Gasteiger partial charge in [0.15, 0.2) is 0 Å². The van der Waals surface area contributed by atoms with Crippen LogP contribution in [0.1, 0.15) is 17.3 Å². The third kappa shape index (κ3) is 2.52. The smallest absolute Gasteiger partial charge is 0.341 e. The van der Waals surface area contributed by atoms with Crippen molar-refractivity contribution in [2.45, 2.75) is 6.92 Å². The predicted octanol–water partition coefficient (Wildman–Crippen LogP) is 1.03. The number of nitrogens with zero attached hydrogens (tertiary/aromatic N) is 2. The van der Waals surface area contributed by atoms with Gasteiger partial charge in [0.05, 0.1) is 13.0 Å². The van der Waals surface area contributed by atoms with Crippen molar-refractivity contribution in [2.75, 3.05) is 25.1 Å². The van der Waals surface area contributed by atoms with Gasteiger partial charge in [-0.2, -0.15) is 0 Å². The Hall–Kier alpha value is -2.11. The molecule has 1 aromatic heterocycles. The number of hydrogen-bond acceptors (Lipinski definition) is 5. The minimum Gasteiger partial charge on any atom is -0.481 e. The number of carbonyl (C=O) groups is 2. The lowest BCUT2D eigenvalue weighted by atomic mass is 9.99. The van der Waals surface area contributed by atoms with Crippen LogP contribution < -0.4 is 4.90 Å². The van der Waals surface area contributed by atoms with Crippen molar-refractivity contribution >= 4 is 17.8 Å². The maximum atomic E-state index is 11.7. The van der Waals surface area contributed by atoms with E-state index in [1.54, 1.807) is 18.3 Å². The van der Waals surface area contributed by atoms with Crippen LogP contribution in [-0.4, -0.2) is 42.2 Å². The molecule has 0 amide bonds. The number of carbonyl (C=O) groups excluding carboxylic acids is 1. The summed E-state index contributed by atoms with van der Waals surface area (Å²) in [4.78, 5) is 28.8. The van der Waals surface area contributed by atoms with Crippen LogP contribution in [0.4, 0.5) is 5.82 Å². The Balaban J connectivity index is 2.29. The number of pyridine rings is 1. The standard InChI is InChI=1S/C13H16N2O4/c1-8-6-15(7-10(8)12(16)17)11-9(13(18)19-2)4-3-5-14-11/h3-5,8,10H,6-7H2,1-2H3,(H,16,17)/t8-,10-/m1/s1. The topological polar surface area (TPSA) is 79.7 Å². The average Bonchev–Trinajstić information content (AvgIpc) is 2.80. The number of esters is 1. The van der Waals surface area contributed by atoms with E-state index in [4.69, 9.17) is 9.84 Å². The highest BCUT2D eigenvalue weighted by Crippen LogP contribution is 2.29. The zero-order valence-corrected chi connectivity index (χ0v) is 10.9. The molecule has 2 heterocycles. The molecule has 2 rings (SSSR count). The van der Waals surface area contributed by atoms with Gasteiger partial charge in [0.25, 0.3) is 0 Å². The molecule has 1 aromatic rings. The number of rotatable bonds is 3. The first kappa shape index (κ1) is 13.3. The van der Waals surface area contributed by atoms with Crippen molar-refractivity contribution in [3.8, 4) is 0 Å². The fourth-order valence-corrected chi connectivity index (χ4v) is 2.38. The largest absolute Gasteiger partial charge is 0.481 e. The van der Waals surface area contributed by atoms with E-state index in [2.05, 4.69) is 4.98 Å². The van der Waals surface area contributed by atoms with E-state index in [9.17, 15) is 9.59 Å². The maximum absolute atomic E-state index is 11.7. The first-order chi connectivity index (χ1) is 9.04. The first-order valence-corrected chi connectivity index (χ1v) is 6.05. The van der Waals surface area contributed by atoms with Gasteiger partial charge < -0.3 is 14.7 Å². The SMILES string of the molecule is COC(=O)c1cccnc1N1C[C@@H](C)[C@H](C(=O)O)C1. The normalized spacial score (nSPS) is 22.3. The molecule has 0 radical (unpaired) electrons. The number of aromatic nitrogens is 1. The molecule has 0 aliphatic carbocycles. The predicted molar refractivity (Wildman–Crippen MR) is 68.1 cm³/mol. The van der Waals surface area contributed by atoms with Crippen LogP contribution in [0, 0.1) is 11.8 Å². The maximum Gasteiger partial charge on any atom is 0.341 e. The van der Waals surface area contributed by atoms with Gasteiger partial charge in [-0.25, -0.2) is 9.78 Å². The monoisotopic (exact) mass is 264 g/mol. The fourth-order valence-electron chi connectivity index (χ4n) is 2.38. The third-order valence-electron chi connectivity index (χ3n) is 3.42. The van der Waals surface area contributed by atoms with Crippen LogP contribution in [0.2, 0.25) is 0 Å². The van der Waals surface area contributed by atoms with E-state index in [-0.39, 0.29) is 5.92 Å². The number of aliphatic carboxylic acids is 1. The number of ether oxygens (including phenoxy) is 1. The zero-order chi connectivity index (χ0) is 14.0. The van der Waals surface area contributed by atoms with Crippen molar-refractivity contribution in [3.63, 3.8) is 0 Å². The van der Waals surface area contributed by atoms with Crippen molar-refractivity contribution in [3.05, 3.63) is 23.9 Å². The summed E-state index contributed by atoms with van der Waals surface area (Å²) < 4.78 is 4.72. The summed E-state index contributed by atoms with van der Waals surface area (Å²) >= 11 is 0. The molecular weight excluding hydrogens is 248 g/mol. The van der Waals surface area contributed by atoms with Crippen LogP contribution in [-0.2, 0) is 9.53 Å². The lowest BCUT2D eigenvalue weighted by Gasteiger charge is -2.19. The highest BCUT2D eigenvalue weighted by Gasteiger charge is 2.36. The molecule has 1 fully saturated rings. The van der Waals surface area contributed by atoms with Crippen molar-refractivity contribution < 1.29 is 19.4 Å². The Morgan fingerprint density at radius 1 is 1.47 bits per heavy atom. The molecule has 19 heavy (non-hydrogen) atoms. The minimum absolute atomic E-state index is 0.0185. The molecule has 0 unspecified atom stereocenters. The Labute approximate surface area is 111 Å². The molecule has 6 nitrogen and oxygen atoms in total. The highest BCUT2D eigenvalue weighted by molar-refractivity contribution is 5.94. The fraction of sp³-hybridized carbons (Fsp3) is 0.462. The zero-order valence-electron chi connectivity index (χ0n) is 10.9. The van der Waals surface area contributed by atoms with E-state index in [0.717, 1.165) is 0 Å². The minimum atomic E-state index is -0.814. The number of anilines is 1. The molecule has 1 aliphatic rings. The van der Waals surface area contributed by atoms with E-state index in [0.29, 0.717) is 24.5 Å². The Morgan fingerprint density at radius 2 is 2.21 bits per heavy atom. The molecule has 1 aliphatic heterocycles. The summed E-state index contributed by atoms with van der Waals surface area (Å²) in [6, 6.07) is 3.29. The van der Waals surface area contributed by atoms with Gasteiger partial charge in [-0.3, -0.25) is 4.79 Å². The molecule has 102 valence electrons. The van der Waals surface area contributed by atoms with E-state index >= 15 is 0 Å². The molecule has 2 atom stereocenters. The lowest BCUT2D eigenvalue weighted by molar-refractivity contribution is -0.142. The van der Waals surface area contributed by atoms with E-state index in [1.165, 1.54) is 7.11 Å². The van der Waals surface area contributed by atoms with Crippen molar-refractivity contribution in [2.24, 2.45) is 11.8 Å². The lowest BCUT2D eigenvalue weighted by Crippen LogP contribution is -2.25. The summed E-state index contributed by atoms with van der Waals surface area (Å²) in [5.74, 6) is -1.21. The second-order valence-corrected chi connectivity index (χ2v) is 4.69. The van der Waals surface area contributed by atoms with Gasteiger partial charge in [0.1, 0.15) is 11.4 Å². The Bertz CT molecular complexity index is 503. The molecule has 0 aromatic carbocycles. The van der Waals surface area contributed by atoms with Gasteiger partial charge in [0, 0.05) is 19.3 Å². The van der Waals surface area contributed by atoms with Crippen LogP contribution in [0.3, 0.4) is 0 Å². The van der Waals surface area contributed by atoms with E-state index in [1.807, 2.05) is 11.8 Å². The number of hydrogen-bond donors (Lipinski definition) is 1. The second kappa shape index (κ2) is 5.26. The second-order valence-electron chi connectivity index (χ2n) is 4.69. The van der Waals surface area contributed by atoms with Gasteiger partial charge >= 0.3 is 11.9 Å². The van der Waals surface area contributed by atoms with Crippen molar-refractivity contribution in [1.29, 1.82) is 0 Å².